The number of rotatable bonds is 6. The van der Waals surface area contributed by atoms with Crippen LogP contribution in [0, 0.1) is 6.92 Å². The van der Waals surface area contributed by atoms with Crippen LogP contribution in [0.25, 0.3) is 5.78 Å². The van der Waals surface area contributed by atoms with E-state index in [1.54, 1.807) is 13.0 Å². The minimum Gasteiger partial charge on any atom is -0.362 e. The smallest absolute Gasteiger partial charge is 0.362 e. The van der Waals surface area contributed by atoms with E-state index >= 15 is 0 Å². The second-order valence-electron chi connectivity index (χ2n) is 4.93. The second-order valence-corrected chi connectivity index (χ2v) is 4.93. The molecule has 2 heterocycles. The van der Waals surface area contributed by atoms with Crippen molar-refractivity contribution in [1.82, 2.24) is 19.6 Å². The highest BCUT2D eigenvalue weighted by Gasteiger charge is 2.37. The molecule has 1 N–H and O–H groups in total. The molecule has 0 saturated heterocycles. The van der Waals surface area contributed by atoms with Gasteiger partial charge in [0.1, 0.15) is 5.82 Å². The van der Waals surface area contributed by atoms with Gasteiger partial charge >= 0.3 is 6.18 Å². The van der Waals surface area contributed by atoms with Crippen LogP contribution in [0.3, 0.4) is 0 Å². The maximum atomic E-state index is 12.8. The minimum absolute atomic E-state index is 0.124. The molecule has 7 nitrogen and oxygen atoms in total. The van der Waals surface area contributed by atoms with Crippen molar-refractivity contribution in [3.05, 3.63) is 17.6 Å². The number of fused-ring (bicyclic) bond motifs is 1. The maximum Gasteiger partial charge on any atom is 0.453 e. The number of ether oxygens (including phenoxy) is 2. The lowest BCUT2D eigenvalue weighted by Crippen LogP contribution is -2.36. The van der Waals surface area contributed by atoms with Crippen molar-refractivity contribution in [2.45, 2.75) is 38.8 Å². The summed E-state index contributed by atoms with van der Waals surface area (Å²) in [5, 5.41) is 6.58. The second kappa shape index (κ2) is 6.67. The summed E-state index contributed by atoms with van der Waals surface area (Å²) in [7, 11) is 2.98. The summed E-state index contributed by atoms with van der Waals surface area (Å²) in [6.07, 6.45) is -4.57. The molecule has 0 bridgehead atoms. The lowest BCUT2D eigenvalue weighted by Gasteiger charge is -2.25. The van der Waals surface area contributed by atoms with E-state index in [1.165, 1.54) is 14.2 Å². The van der Waals surface area contributed by atoms with Crippen LogP contribution in [-0.4, -0.2) is 46.1 Å². The Morgan fingerprint density at radius 1 is 1.26 bits per heavy atom. The molecule has 0 aliphatic heterocycles. The zero-order valence-corrected chi connectivity index (χ0v) is 13.2. The molecule has 0 fully saturated rings. The first-order chi connectivity index (χ1) is 10.8. The number of nitrogens with zero attached hydrogens (tertiary/aromatic N) is 4. The molecular formula is C13H18F3N5O2. The van der Waals surface area contributed by atoms with Crippen LogP contribution in [0.1, 0.15) is 24.9 Å². The predicted molar refractivity (Wildman–Crippen MR) is 76.0 cm³/mol. The topological polar surface area (TPSA) is 73.6 Å². The summed E-state index contributed by atoms with van der Waals surface area (Å²) in [5.74, 6) is -1.02. The molecule has 2 aromatic heterocycles. The molecule has 0 aliphatic carbocycles. The number of hydrogen-bond donors (Lipinski definition) is 1. The molecule has 0 aromatic carbocycles. The lowest BCUT2D eigenvalue weighted by molar-refractivity contribution is -0.144. The Balaban J connectivity index is 2.45. The summed E-state index contributed by atoms with van der Waals surface area (Å²) in [6, 6.07) is 1.31. The third kappa shape index (κ3) is 3.70. The first-order valence-corrected chi connectivity index (χ1v) is 6.93. The molecular weight excluding hydrogens is 315 g/mol. The zero-order valence-electron chi connectivity index (χ0n) is 13.2. The number of aryl methyl sites for hydroxylation is 1. The van der Waals surface area contributed by atoms with Crippen molar-refractivity contribution >= 4 is 11.6 Å². The van der Waals surface area contributed by atoms with Gasteiger partial charge in [0.05, 0.1) is 6.04 Å². The molecule has 0 saturated carbocycles. The van der Waals surface area contributed by atoms with Crippen LogP contribution >= 0.6 is 0 Å². The van der Waals surface area contributed by atoms with Gasteiger partial charge in [0.25, 0.3) is 11.6 Å². The number of aromatic nitrogens is 4. The highest BCUT2D eigenvalue weighted by Crippen LogP contribution is 2.27. The van der Waals surface area contributed by atoms with E-state index < -0.39 is 18.3 Å². The monoisotopic (exact) mass is 333 g/mol. The predicted octanol–water partition coefficient (Wildman–Crippen LogP) is 2.26. The van der Waals surface area contributed by atoms with Gasteiger partial charge in [-0.15, -0.1) is 5.10 Å². The van der Waals surface area contributed by atoms with E-state index in [9.17, 15) is 13.2 Å². The minimum atomic E-state index is -4.63. The first-order valence-electron chi connectivity index (χ1n) is 6.93. The third-order valence-electron chi connectivity index (χ3n) is 3.26. The molecule has 0 amide bonds. The summed E-state index contributed by atoms with van der Waals surface area (Å²) in [6.45, 7) is 3.56. The van der Waals surface area contributed by atoms with Crippen LogP contribution in [0.2, 0.25) is 0 Å². The summed E-state index contributed by atoms with van der Waals surface area (Å²) < 4.78 is 49.8. The molecule has 128 valence electrons. The Bertz CT molecular complexity index is 669. The molecule has 0 aliphatic rings. The molecule has 10 heteroatoms. The normalized spacial score (nSPS) is 13.7. The standard InChI is InChI=1S/C13H18F3N5O2/c1-5-8(10(22-3)23-4)18-9-6-7(2)17-12-19-11(13(14,15)16)20-21(9)12/h6,8,10,18H,5H2,1-4H3. The van der Waals surface area contributed by atoms with E-state index in [2.05, 4.69) is 20.4 Å². The van der Waals surface area contributed by atoms with E-state index in [-0.39, 0.29) is 11.8 Å². The van der Waals surface area contributed by atoms with Gasteiger partial charge in [-0.3, -0.25) is 0 Å². The van der Waals surface area contributed by atoms with Gasteiger partial charge in [-0.2, -0.15) is 22.7 Å². The highest BCUT2D eigenvalue weighted by atomic mass is 19.4. The van der Waals surface area contributed by atoms with Gasteiger partial charge < -0.3 is 14.8 Å². The molecule has 0 radical (unpaired) electrons. The molecule has 2 rings (SSSR count). The Hall–Kier alpha value is -1.94. The van der Waals surface area contributed by atoms with Gasteiger partial charge in [0.15, 0.2) is 6.29 Å². The number of halogens is 3. The molecule has 1 unspecified atom stereocenters. The van der Waals surface area contributed by atoms with Crippen LogP contribution in [-0.2, 0) is 15.7 Å². The number of methoxy groups -OCH3 is 2. The summed E-state index contributed by atoms with van der Waals surface area (Å²) in [4.78, 5) is 7.41. The Morgan fingerprint density at radius 2 is 1.91 bits per heavy atom. The highest BCUT2D eigenvalue weighted by molar-refractivity contribution is 5.46. The number of alkyl halides is 3. The van der Waals surface area contributed by atoms with E-state index in [4.69, 9.17) is 9.47 Å². The average molecular weight is 333 g/mol. The van der Waals surface area contributed by atoms with Gasteiger partial charge in [-0.05, 0) is 13.3 Å². The third-order valence-corrected chi connectivity index (χ3v) is 3.26. The fourth-order valence-electron chi connectivity index (χ4n) is 2.19. The van der Waals surface area contributed by atoms with Gasteiger partial charge in [-0.1, -0.05) is 6.92 Å². The number of anilines is 1. The van der Waals surface area contributed by atoms with Crippen molar-refractivity contribution in [1.29, 1.82) is 0 Å². The van der Waals surface area contributed by atoms with Crippen LogP contribution in [0.15, 0.2) is 6.07 Å². The van der Waals surface area contributed by atoms with Crippen LogP contribution in [0.4, 0.5) is 19.0 Å². The van der Waals surface area contributed by atoms with E-state index in [1.807, 2.05) is 6.92 Å². The van der Waals surface area contributed by atoms with Gasteiger partial charge in [-0.25, -0.2) is 4.98 Å². The van der Waals surface area contributed by atoms with E-state index in [0.717, 1.165) is 4.52 Å². The Labute approximate surface area is 130 Å². The van der Waals surface area contributed by atoms with E-state index in [0.29, 0.717) is 17.9 Å². The lowest BCUT2D eigenvalue weighted by atomic mass is 10.2. The van der Waals surface area contributed by atoms with Gasteiger partial charge in [0, 0.05) is 26.0 Å². The summed E-state index contributed by atoms with van der Waals surface area (Å²) in [5.41, 5.74) is 0.516. The molecule has 0 spiro atoms. The van der Waals surface area contributed by atoms with Crippen molar-refractivity contribution in [3.8, 4) is 0 Å². The molecule has 2 aromatic rings. The molecule has 23 heavy (non-hydrogen) atoms. The largest absolute Gasteiger partial charge is 0.453 e. The van der Waals surface area contributed by atoms with Crippen LogP contribution in [0.5, 0.6) is 0 Å². The van der Waals surface area contributed by atoms with Crippen molar-refractivity contribution in [2.24, 2.45) is 0 Å². The summed E-state index contributed by atoms with van der Waals surface area (Å²) >= 11 is 0. The average Bonchev–Trinajstić information content (AvgIpc) is 2.91. The zero-order chi connectivity index (χ0) is 17.2. The number of hydrogen-bond acceptors (Lipinski definition) is 6. The number of nitrogens with one attached hydrogen (secondary N) is 1. The molecule has 1 atom stereocenters. The maximum absolute atomic E-state index is 12.8. The van der Waals surface area contributed by atoms with Crippen molar-refractivity contribution in [2.75, 3.05) is 19.5 Å². The van der Waals surface area contributed by atoms with Crippen molar-refractivity contribution < 1.29 is 22.6 Å². The first kappa shape index (κ1) is 17.4. The van der Waals surface area contributed by atoms with Gasteiger partial charge in [0.2, 0.25) is 0 Å². The Morgan fingerprint density at radius 3 is 2.43 bits per heavy atom. The van der Waals surface area contributed by atoms with Crippen LogP contribution < -0.4 is 5.32 Å². The quantitative estimate of drug-likeness (QED) is 0.818. The SMILES string of the molecule is CCC(Nc1cc(C)nc2nc(C(F)(F)F)nn12)C(OC)OC. The Kier molecular flexibility index (Phi) is 5.05. The fourth-order valence-corrected chi connectivity index (χ4v) is 2.19. The fraction of sp³-hybridized carbons (Fsp3) is 0.615. The van der Waals surface area contributed by atoms with Crippen molar-refractivity contribution in [3.63, 3.8) is 0 Å².